The quantitative estimate of drug-likeness (QED) is 0.152. The highest BCUT2D eigenvalue weighted by atomic mass is 19.1. The van der Waals surface area contributed by atoms with Crippen LogP contribution in [0.3, 0.4) is 0 Å². The van der Waals surface area contributed by atoms with Gasteiger partial charge in [0.05, 0.1) is 17.1 Å². The number of anilines is 1. The van der Waals surface area contributed by atoms with Gasteiger partial charge in [0.1, 0.15) is 5.82 Å². The number of hydrogen-bond donors (Lipinski definition) is 0. The number of aryl methyl sites for hydroxylation is 5. The molecule has 0 radical (unpaired) electrons. The van der Waals surface area contributed by atoms with E-state index in [1.165, 1.54) is 211 Å². The van der Waals surface area contributed by atoms with Gasteiger partial charge < -0.3 is 32.3 Å². The Hall–Kier alpha value is -11.7. The van der Waals surface area contributed by atoms with Crippen LogP contribution in [0.5, 0.6) is 0 Å². The van der Waals surface area contributed by atoms with E-state index in [2.05, 4.69) is 380 Å². The second kappa shape index (κ2) is 49.2. The van der Waals surface area contributed by atoms with E-state index < -0.39 is 0 Å². The van der Waals surface area contributed by atoms with Crippen molar-refractivity contribution in [2.75, 3.05) is 38.1 Å². The maximum Gasteiger partial charge on any atom is 0.123 e. The van der Waals surface area contributed by atoms with Gasteiger partial charge in [-0.25, -0.2) is 4.39 Å². The molecule has 3 aliphatic carbocycles. The first-order chi connectivity index (χ1) is 66.1. The van der Waals surface area contributed by atoms with Crippen molar-refractivity contribution >= 4 is 71.1 Å². The molecule has 0 saturated heterocycles. The lowest BCUT2D eigenvalue weighted by atomic mass is 9.80. The molecule has 135 heavy (non-hydrogen) atoms. The third-order valence-electron chi connectivity index (χ3n) is 28.7. The van der Waals surface area contributed by atoms with E-state index in [-0.39, 0.29) is 5.82 Å². The normalized spacial score (nSPS) is 16.5. The van der Waals surface area contributed by atoms with E-state index in [1.54, 1.807) is 34.5 Å². The predicted octanol–water partition coefficient (Wildman–Crippen LogP) is 32.9. The minimum absolute atomic E-state index is 0.143. The number of benzene rings is 11. The van der Waals surface area contributed by atoms with Crippen LogP contribution in [0.15, 0.2) is 285 Å². The van der Waals surface area contributed by atoms with Gasteiger partial charge in [-0.05, 0) is 283 Å². The van der Waals surface area contributed by atoms with Crippen molar-refractivity contribution in [1.29, 1.82) is 0 Å². The van der Waals surface area contributed by atoms with Gasteiger partial charge in [0.25, 0.3) is 0 Å². The van der Waals surface area contributed by atoms with E-state index in [9.17, 15) is 4.39 Å². The molecule has 6 aliphatic rings. The first-order valence-corrected chi connectivity index (χ1v) is 51.8. The SMILES string of the molecule is CC.CC.CC.CC.CC.CC.CC(C)C1CCc2c(c3ccccc3n2C)C1.CC1c2c(c3ccccc3n2C)CCN1C.CC1c2c(c3ccccc3n2C)CCN1c1ccccc1.CCCN1CCc2c(n(C)c3ccccc23)C1C.Fc1ccc2c(c1)c1c(n2-c2ccccc2)CCCC1.c1ccc(-c2ccc3c(c2)c2c(n3-c3ccccc3)CCC(c3ccccc3)C2)cc1. The maximum absolute atomic E-state index is 13.6. The van der Waals surface area contributed by atoms with E-state index in [0.29, 0.717) is 24.0 Å². The summed E-state index contributed by atoms with van der Waals surface area (Å²) in [4.78, 5) is 7.56. The van der Waals surface area contributed by atoms with Crippen LogP contribution in [0.4, 0.5) is 10.1 Å². The number of nitrogens with zero attached hydrogens (tertiary/aromatic N) is 9. The summed E-state index contributed by atoms with van der Waals surface area (Å²) in [5.41, 5.74) is 33.8. The molecule has 710 valence electrons. The summed E-state index contributed by atoms with van der Waals surface area (Å²) >= 11 is 0. The van der Waals surface area contributed by atoms with E-state index in [4.69, 9.17) is 0 Å². The Kier molecular flexibility index (Phi) is 37.3. The van der Waals surface area contributed by atoms with Gasteiger partial charge in [0.15, 0.2) is 0 Å². The van der Waals surface area contributed by atoms with Gasteiger partial charge in [-0.15, -0.1) is 0 Å². The van der Waals surface area contributed by atoms with Crippen LogP contribution in [-0.4, -0.2) is 70.4 Å². The second-order valence-electron chi connectivity index (χ2n) is 35.9. The third kappa shape index (κ3) is 21.7. The zero-order valence-electron chi connectivity index (χ0n) is 86.2. The summed E-state index contributed by atoms with van der Waals surface area (Å²) in [6, 6.07) is 103. The molecule has 23 rings (SSSR count). The summed E-state index contributed by atoms with van der Waals surface area (Å²) in [5.74, 6) is 2.12. The Labute approximate surface area is 810 Å². The monoisotopic (exact) mass is 1800 g/mol. The number of likely N-dealkylation sites (N-methyl/N-ethyl adjacent to an activating group) is 1. The molecule has 6 aromatic heterocycles. The zero-order chi connectivity index (χ0) is 96.5. The fourth-order valence-electron chi connectivity index (χ4n) is 22.3. The van der Waals surface area contributed by atoms with Crippen molar-refractivity contribution in [3.63, 3.8) is 0 Å². The second-order valence-corrected chi connectivity index (χ2v) is 35.9. The van der Waals surface area contributed by atoms with Crippen LogP contribution in [-0.2, 0) is 86.0 Å². The molecular weight excluding hydrogens is 1650 g/mol. The lowest BCUT2D eigenvalue weighted by molar-refractivity contribution is 0.193. The standard InChI is InChI=1S/C30H25N.C19H20N2.C18H16FN.C16H22N2.C16H21N.C14H18N2.6C2H6/c1-4-10-22(11-5-1)24-16-18-29-27(20-24)28-21-25(23-12-6-2-7-13-23)17-19-30(28)31(29)26-14-8-3-9-15-26;1-14-19-17(16-10-6-7-11-18(16)20(19)2)12-13-21(14)15-8-4-3-5-9-15;19-13-10-11-18-16(12-13)15-8-4-5-9-17(15)20(18)14-6-2-1-3-7-14;1-4-10-18-11-9-14-13-7-5-6-8-15(13)17(3)16(14)12(18)2;1-11(2)12-8-9-16-14(10-12)13-6-4-5-7-15(13)17(16)3;1-10-14-12(8-9-15(10)2)11-6-4-5-7-13(11)16(14)3;6*1-2/h1-16,18,20,25H,17,19,21H2;3-11,14H,12-13H2,1-2H3;1-3,6-7,10-12H,4-5,8-9H2;5-8,12H,4,9-11H2,1-3H3;4-7,11-12H,8-10H2,1-3H3;4-7,10H,8-9H2,1-3H3;6*1-2H3. The fraction of sp³-hybridized carbons (Fsp3) is 0.376. The van der Waals surface area contributed by atoms with Crippen LogP contribution in [0.2, 0.25) is 0 Å². The maximum atomic E-state index is 13.6. The summed E-state index contributed by atoms with van der Waals surface area (Å²) in [5, 5.41) is 8.30. The molecular formula is C125H158FN9. The van der Waals surface area contributed by atoms with Crippen molar-refractivity contribution in [2.24, 2.45) is 40.0 Å². The highest BCUT2D eigenvalue weighted by Crippen LogP contribution is 2.45. The van der Waals surface area contributed by atoms with Crippen molar-refractivity contribution in [1.82, 2.24) is 37.2 Å². The van der Waals surface area contributed by atoms with Crippen LogP contribution >= 0.6 is 0 Å². The minimum atomic E-state index is -0.143. The summed E-state index contributed by atoms with van der Waals surface area (Å²) in [6.07, 6.45) is 16.6. The largest absolute Gasteiger partial charge is 0.363 e. The molecule has 11 aromatic carbocycles. The lowest BCUT2D eigenvalue weighted by Crippen LogP contribution is -2.35. The van der Waals surface area contributed by atoms with Crippen molar-refractivity contribution in [2.45, 2.75) is 239 Å². The first kappa shape index (κ1) is 102. The number of halogens is 1. The topological polar surface area (TPSA) is 39.3 Å². The molecule has 5 atom stereocenters. The van der Waals surface area contributed by atoms with Crippen LogP contribution in [0.1, 0.15) is 254 Å². The van der Waals surface area contributed by atoms with Crippen molar-refractivity contribution < 1.29 is 4.39 Å². The Balaban J connectivity index is 0.000000144. The van der Waals surface area contributed by atoms with Gasteiger partial charge >= 0.3 is 0 Å². The van der Waals surface area contributed by atoms with E-state index >= 15 is 0 Å². The van der Waals surface area contributed by atoms with Crippen LogP contribution in [0.25, 0.3) is 87.9 Å². The molecule has 0 N–H and O–H groups in total. The molecule has 10 heteroatoms. The zero-order valence-corrected chi connectivity index (χ0v) is 86.2. The molecule has 0 spiro atoms. The summed E-state index contributed by atoms with van der Waals surface area (Å²) < 4.78 is 28.0. The molecule has 0 saturated carbocycles. The smallest absolute Gasteiger partial charge is 0.123 e. The average Bonchev–Trinajstić information content (AvgIpc) is 1.63. The van der Waals surface area contributed by atoms with Crippen LogP contribution < -0.4 is 4.90 Å². The molecule has 3 aliphatic heterocycles. The number of rotatable bonds is 8. The number of aromatic nitrogens is 6. The molecule has 0 fully saturated rings. The molecule has 0 bridgehead atoms. The van der Waals surface area contributed by atoms with E-state index in [1.807, 2.05) is 95.2 Å². The Morgan fingerprint density at radius 1 is 0.319 bits per heavy atom. The van der Waals surface area contributed by atoms with Gasteiger partial charge in [-0.3, -0.25) is 9.80 Å². The van der Waals surface area contributed by atoms with Crippen LogP contribution in [0, 0.1) is 17.7 Å². The van der Waals surface area contributed by atoms with Crippen molar-refractivity contribution in [3.05, 3.63) is 364 Å². The average molecular weight is 1810 g/mol. The third-order valence-corrected chi connectivity index (χ3v) is 28.7. The van der Waals surface area contributed by atoms with E-state index in [0.717, 1.165) is 61.4 Å². The minimum Gasteiger partial charge on any atom is -0.363 e. The van der Waals surface area contributed by atoms with Crippen molar-refractivity contribution in [3.8, 4) is 22.5 Å². The Morgan fingerprint density at radius 2 is 0.719 bits per heavy atom. The summed E-state index contributed by atoms with van der Waals surface area (Å²) in [6.45, 7) is 42.6. The molecule has 5 unspecified atom stereocenters. The molecule has 0 amide bonds. The lowest BCUT2D eigenvalue weighted by Gasteiger charge is -2.36. The van der Waals surface area contributed by atoms with Gasteiger partial charge in [-0.1, -0.05) is 298 Å². The van der Waals surface area contributed by atoms with Gasteiger partial charge in [0.2, 0.25) is 0 Å². The molecule has 17 aromatic rings. The number of fused-ring (bicyclic) bond motifs is 18. The Bertz CT molecular complexity index is 6550. The van der Waals surface area contributed by atoms with Gasteiger partial charge in [-0.2, -0.15) is 0 Å². The van der Waals surface area contributed by atoms with Gasteiger partial charge in [0, 0.05) is 166 Å². The fourth-order valence-corrected chi connectivity index (χ4v) is 22.3. The Morgan fingerprint density at radius 3 is 1.23 bits per heavy atom. The first-order valence-electron chi connectivity index (χ1n) is 51.8. The molecule has 9 heterocycles. The summed E-state index contributed by atoms with van der Waals surface area (Å²) in [7, 11) is 11.0. The number of hydrogen-bond acceptors (Lipinski definition) is 3. The number of para-hydroxylation sites is 7. The highest BCUT2D eigenvalue weighted by Gasteiger charge is 2.34. The highest BCUT2D eigenvalue weighted by molar-refractivity contribution is 5.93. The molecule has 9 nitrogen and oxygen atoms in total. The predicted molar refractivity (Wildman–Crippen MR) is 585 cm³/mol.